The van der Waals surface area contributed by atoms with Crippen molar-refractivity contribution in [3.05, 3.63) is 24.3 Å². The van der Waals surface area contributed by atoms with Crippen LogP contribution in [0.2, 0.25) is 0 Å². The highest BCUT2D eigenvalue weighted by Gasteiger charge is 2.13. The standard InChI is InChI=1S/C16H24O6/c1-11-3-5-13(17)8-10-16(20)22-12(2)4-6-14(18)7-9-15(19)21-11/h7-14,17-18H,3-6H2,1-2H3/t11-,12?,13+,14+/m1/s1. The first-order valence-corrected chi connectivity index (χ1v) is 7.50. The Bertz CT molecular complexity index is 388. The lowest BCUT2D eigenvalue weighted by Gasteiger charge is -2.15. The monoisotopic (exact) mass is 312 g/mol. The number of hydrogen-bond acceptors (Lipinski definition) is 6. The molecule has 0 saturated carbocycles. The first-order chi connectivity index (χ1) is 10.4. The fraction of sp³-hybridized carbons (Fsp3) is 0.625. The lowest BCUT2D eigenvalue weighted by Crippen LogP contribution is -2.18. The molecule has 6 heteroatoms. The molecular weight excluding hydrogens is 288 g/mol. The third kappa shape index (κ3) is 7.95. The van der Waals surface area contributed by atoms with Gasteiger partial charge in [0, 0.05) is 12.2 Å². The van der Waals surface area contributed by atoms with Crippen molar-refractivity contribution in [2.24, 2.45) is 0 Å². The molecule has 0 bridgehead atoms. The van der Waals surface area contributed by atoms with E-state index in [2.05, 4.69) is 0 Å². The van der Waals surface area contributed by atoms with Crippen molar-refractivity contribution in [1.82, 2.24) is 0 Å². The Hall–Kier alpha value is -1.66. The van der Waals surface area contributed by atoms with Crippen molar-refractivity contribution in [3.8, 4) is 0 Å². The summed E-state index contributed by atoms with van der Waals surface area (Å²) in [6, 6.07) is 0. The molecule has 22 heavy (non-hydrogen) atoms. The number of hydrogen-bond donors (Lipinski definition) is 2. The van der Waals surface area contributed by atoms with E-state index in [9.17, 15) is 19.8 Å². The maximum absolute atomic E-state index is 11.6. The van der Waals surface area contributed by atoms with Gasteiger partial charge in [-0.05, 0) is 51.7 Å². The summed E-state index contributed by atoms with van der Waals surface area (Å²) in [5.74, 6) is -1.05. The van der Waals surface area contributed by atoms with Gasteiger partial charge in [0.2, 0.25) is 0 Å². The maximum atomic E-state index is 11.6. The summed E-state index contributed by atoms with van der Waals surface area (Å²) in [6.07, 6.45) is 4.44. The third-order valence-corrected chi connectivity index (χ3v) is 3.28. The minimum atomic E-state index is -0.797. The molecule has 0 saturated heterocycles. The van der Waals surface area contributed by atoms with Gasteiger partial charge >= 0.3 is 11.9 Å². The van der Waals surface area contributed by atoms with Crippen LogP contribution in [0.4, 0.5) is 0 Å². The van der Waals surface area contributed by atoms with Gasteiger partial charge < -0.3 is 19.7 Å². The topological polar surface area (TPSA) is 93.1 Å². The van der Waals surface area contributed by atoms with Crippen LogP contribution in [0.15, 0.2) is 24.3 Å². The van der Waals surface area contributed by atoms with Gasteiger partial charge in [-0.2, -0.15) is 0 Å². The first kappa shape index (κ1) is 18.4. The molecule has 1 rings (SSSR count). The van der Waals surface area contributed by atoms with Gasteiger partial charge in [0.25, 0.3) is 0 Å². The van der Waals surface area contributed by atoms with E-state index in [1.165, 1.54) is 24.3 Å². The second kappa shape index (κ2) is 9.38. The van der Waals surface area contributed by atoms with E-state index in [0.717, 1.165) is 0 Å². The lowest BCUT2D eigenvalue weighted by atomic mass is 10.1. The summed E-state index contributed by atoms with van der Waals surface area (Å²) in [5.41, 5.74) is 0. The predicted octanol–water partition coefficient (Wildman–Crippen LogP) is 1.26. The number of cyclic esters (lactones) is 2. The molecule has 0 aromatic rings. The van der Waals surface area contributed by atoms with Crippen molar-refractivity contribution < 1.29 is 29.3 Å². The molecule has 2 N–H and O–H groups in total. The maximum Gasteiger partial charge on any atom is 0.330 e. The average molecular weight is 312 g/mol. The van der Waals surface area contributed by atoms with Crippen LogP contribution < -0.4 is 0 Å². The molecule has 6 nitrogen and oxygen atoms in total. The van der Waals surface area contributed by atoms with Crippen LogP contribution in [0.5, 0.6) is 0 Å². The highest BCUT2D eigenvalue weighted by molar-refractivity contribution is 5.82. The number of carbonyl (C=O) groups excluding carboxylic acids is 2. The fourth-order valence-electron chi connectivity index (χ4n) is 1.98. The Morgan fingerprint density at radius 1 is 0.818 bits per heavy atom. The van der Waals surface area contributed by atoms with Crippen molar-refractivity contribution in [1.29, 1.82) is 0 Å². The van der Waals surface area contributed by atoms with Gasteiger partial charge in [0.15, 0.2) is 0 Å². The zero-order valence-electron chi connectivity index (χ0n) is 13.0. The van der Waals surface area contributed by atoms with Crippen molar-refractivity contribution in [2.45, 2.75) is 63.9 Å². The van der Waals surface area contributed by atoms with Crippen LogP contribution in [0.3, 0.4) is 0 Å². The van der Waals surface area contributed by atoms with Crippen LogP contribution in [-0.2, 0) is 19.1 Å². The molecular formula is C16H24O6. The quantitative estimate of drug-likeness (QED) is 0.654. The van der Waals surface area contributed by atoms with Gasteiger partial charge in [-0.15, -0.1) is 0 Å². The van der Waals surface area contributed by atoms with E-state index >= 15 is 0 Å². The summed E-state index contributed by atoms with van der Waals surface area (Å²) in [6.45, 7) is 3.44. The van der Waals surface area contributed by atoms with E-state index in [-0.39, 0.29) is 12.2 Å². The molecule has 1 heterocycles. The van der Waals surface area contributed by atoms with E-state index in [1.807, 2.05) is 0 Å². The number of ether oxygens (including phenoxy) is 2. The SMILES string of the molecule is CC1CC[C@H](O)C=CC(=O)O[C@H](C)CC[C@H](O)C=CC(=O)O1. The number of aliphatic hydroxyl groups excluding tert-OH is 2. The summed E-state index contributed by atoms with van der Waals surface area (Å²) < 4.78 is 10.3. The summed E-state index contributed by atoms with van der Waals surface area (Å²) in [7, 11) is 0. The van der Waals surface area contributed by atoms with Gasteiger partial charge in [0.05, 0.1) is 24.4 Å². The van der Waals surface area contributed by atoms with Gasteiger partial charge in [0.1, 0.15) is 0 Å². The van der Waals surface area contributed by atoms with E-state index in [4.69, 9.17) is 9.47 Å². The Kier molecular flexibility index (Phi) is 7.84. The average Bonchev–Trinajstić information content (AvgIpc) is 2.46. The Morgan fingerprint density at radius 2 is 1.18 bits per heavy atom. The summed E-state index contributed by atoms with van der Waals surface area (Å²) >= 11 is 0. The van der Waals surface area contributed by atoms with Crippen LogP contribution in [0.1, 0.15) is 39.5 Å². The minimum absolute atomic E-state index is 0.361. The van der Waals surface area contributed by atoms with Crippen LogP contribution >= 0.6 is 0 Å². The Labute approximate surface area is 130 Å². The highest BCUT2D eigenvalue weighted by atomic mass is 16.5. The molecule has 0 radical (unpaired) electrons. The second-order valence-corrected chi connectivity index (χ2v) is 5.50. The van der Waals surface area contributed by atoms with Gasteiger partial charge in [-0.1, -0.05) is 0 Å². The molecule has 1 aliphatic rings. The molecule has 0 fully saturated rings. The molecule has 1 unspecified atom stereocenters. The smallest absolute Gasteiger partial charge is 0.330 e. The number of rotatable bonds is 0. The number of carbonyl (C=O) groups is 2. The zero-order chi connectivity index (χ0) is 16.5. The van der Waals surface area contributed by atoms with Crippen LogP contribution in [0, 0.1) is 0 Å². The first-order valence-electron chi connectivity index (χ1n) is 7.50. The number of aliphatic hydroxyl groups is 2. The van der Waals surface area contributed by atoms with Gasteiger partial charge in [-0.3, -0.25) is 0 Å². The second-order valence-electron chi connectivity index (χ2n) is 5.50. The molecule has 0 spiro atoms. The highest BCUT2D eigenvalue weighted by Crippen LogP contribution is 2.10. The van der Waals surface area contributed by atoms with Crippen molar-refractivity contribution in [3.63, 3.8) is 0 Å². The van der Waals surface area contributed by atoms with Gasteiger partial charge in [-0.25, -0.2) is 9.59 Å². The molecule has 0 amide bonds. The molecule has 0 aliphatic carbocycles. The zero-order valence-corrected chi connectivity index (χ0v) is 13.0. The van der Waals surface area contributed by atoms with E-state index in [0.29, 0.717) is 25.7 Å². The Morgan fingerprint density at radius 3 is 1.55 bits per heavy atom. The Balaban J connectivity index is 2.70. The number of esters is 2. The van der Waals surface area contributed by atoms with E-state index in [1.54, 1.807) is 13.8 Å². The van der Waals surface area contributed by atoms with Crippen LogP contribution in [-0.4, -0.2) is 46.6 Å². The van der Waals surface area contributed by atoms with Crippen molar-refractivity contribution >= 4 is 11.9 Å². The van der Waals surface area contributed by atoms with E-state index < -0.39 is 24.1 Å². The molecule has 0 aromatic heterocycles. The molecule has 0 aromatic carbocycles. The van der Waals surface area contributed by atoms with Crippen molar-refractivity contribution in [2.75, 3.05) is 0 Å². The van der Waals surface area contributed by atoms with Crippen LogP contribution in [0.25, 0.3) is 0 Å². The lowest BCUT2D eigenvalue weighted by molar-refractivity contribution is -0.143. The summed E-state index contributed by atoms with van der Waals surface area (Å²) in [5, 5.41) is 19.5. The largest absolute Gasteiger partial charge is 0.460 e. The molecule has 124 valence electrons. The minimum Gasteiger partial charge on any atom is -0.460 e. The molecule has 4 atom stereocenters. The third-order valence-electron chi connectivity index (χ3n) is 3.28. The summed E-state index contributed by atoms with van der Waals surface area (Å²) in [4.78, 5) is 23.1. The normalized spacial score (nSPS) is 32.4. The fourth-order valence-corrected chi connectivity index (χ4v) is 1.98. The predicted molar refractivity (Wildman–Crippen MR) is 79.9 cm³/mol. The molecule has 1 aliphatic heterocycles.